The Balaban J connectivity index is 2.35. The van der Waals surface area contributed by atoms with Crippen LogP contribution in [0.3, 0.4) is 0 Å². The van der Waals surface area contributed by atoms with Crippen molar-refractivity contribution < 1.29 is 19.4 Å². The molecule has 0 bridgehead atoms. The van der Waals surface area contributed by atoms with E-state index in [1.165, 1.54) is 0 Å². The molecule has 1 fully saturated rings. The van der Waals surface area contributed by atoms with Crippen LogP contribution in [0.5, 0.6) is 5.75 Å². The molecule has 0 aliphatic heterocycles. The van der Waals surface area contributed by atoms with Crippen molar-refractivity contribution in [3.05, 3.63) is 29.8 Å². The van der Waals surface area contributed by atoms with Crippen molar-refractivity contribution in [1.29, 1.82) is 0 Å². The zero-order valence-corrected chi connectivity index (χ0v) is 9.50. The van der Waals surface area contributed by atoms with Gasteiger partial charge >= 0.3 is 5.97 Å². The molecule has 0 amide bonds. The lowest BCUT2D eigenvalue weighted by Gasteiger charge is -2.40. The average molecular weight is 234 g/mol. The molecule has 0 spiro atoms. The number of carbonyl (C=O) groups excluding carboxylic acids is 1. The lowest BCUT2D eigenvalue weighted by atomic mass is 9.62. The first kappa shape index (κ1) is 11.6. The van der Waals surface area contributed by atoms with Gasteiger partial charge in [0.2, 0.25) is 0 Å². The van der Waals surface area contributed by atoms with Crippen LogP contribution in [0.25, 0.3) is 0 Å². The van der Waals surface area contributed by atoms with Gasteiger partial charge in [0.25, 0.3) is 0 Å². The first-order chi connectivity index (χ1) is 8.19. The lowest BCUT2D eigenvalue weighted by molar-refractivity contribution is -0.148. The molecule has 0 aromatic heterocycles. The Kier molecular flexibility index (Phi) is 3.13. The summed E-state index contributed by atoms with van der Waals surface area (Å²) in [6.45, 7) is 0. The van der Waals surface area contributed by atoms with E-state index in [9.17, 15) is 9.59 Å². The van der Waals surface area contributed by atoms with Crippen LogP contribution in [0.4, 0.5) is 0 Å². The standard InChI is InChI=1S/C13H14O4/c1-17-11-5-3-2-4-9(11)12-8(7-14)6-10(12)13(15)16/h2-5,7-8,10,12H,6H2,1H3,(H,15,16). The number of hydrogen-bond donors (Lipinski definition) is 1. The number of para-hydroxylation sites is 1. The molecule has 1 aromatic carbocycles. The number of hydrogen-bond acceptors (Lipinski definition) is 3. The van der Waals surface area contributed by atoms with Crippen molar-refractivity contribution >= 4 is 12.3 Å². The van der Waals surface area contributed by atoms with Gasteiger partial charge in [0.05, 0.1) is 13.0 Å². The Morgan fingerprint density at radius 3 is 2.76 bits per heavy atom. The second-order valence-electron chi connectivity index (χ2n) is 4.25. The summed E-state index contributed by atoms with van der Waals surface area (Å²) < 4.78 is 5.21. The SMILES string of the molecule is COc1ccccc1C1C(C=O)CC1C(=O)O. The van der Waals surface area contributed by atoms with Crippen LogP contribution >= 0.6 is 0 Å². The van der Waals surface area contributed by atoms with Gasteiger partial charge in [-0.3, -0.25) is 4.79 Å². The third-order valence-electron chi connectivity index (χ3n) is 3.41. The minimum Gasteiger partial charge on any atom is -0.496 e. The van der Waals surface area contributed by atoms with E-state index >= 15 is 0 Å². The third-order valence-corrected chi connectivity index (χ3v) is 3.41. The maximum Gasteiger partial charge on any atom is 0.307 e. The molecular formula is C13H14O4. The van der Waals surface area contributed by atoms with E-state index in [-0.39, 0.29) is 11.8 Å². The molecule has 1 aliphatic carbocycles. The predicted molar refractivity (Wildman–Crippen MR) is 61.0 cm³/mol. The van der Waals surface area contributed by atoms with E-state index in [0.717, 1.165) is 11.8 Å². The summed E-state index contributed by atoms with van der Waals surface area (Å²) >= 11 is 0. The highest BCUT2D eigenvalue weighted by Gasteiger charge is 2.47. The minimum atomic E-state index is -0.848. The van der Waals surface area contributed by atoms with E-state index in [1.54, 1.807) is 13.2 Å². The van der Waals surface area contributed by atoms with Crippen LogP contribution in [0.2, 0.25) is 0 Å². The number of aliphatic carboxylic acids is 1. The van der Waals surface area contributed by atoms with Gasteiger partial charge in [0.15, 0.2) is 0 Å². The molecular weight excluding hydrogens is 220 g/mol. The van der Waals surface area contributed by atoms with E-state index in [0.29, 0.717) is 12.2 Å². The van der Waals surface area contributed by atoms with Gasteiger partial charge in [0.1, 0.15) is 12.0 Å². The van der Waals surface area contributed by atoms with Gasteiger partial charge in [-0.1, -0.05) is 18.2 Å². The van der Waals surface area contributed by atoms with Crippen LogP contribution in [0.15, 0.2) is 24.3 Å². The van der Waals surface area contributed by atoms with Gasteiger partial charge in [-0.05, 0) is 18.1 Å². The number of carboxylic acids is 1. The van der Waals surface area contributed by atoms with Gasteiger partial charge in [-0.2, -0.15) is 0 Å². The molecule has 17 heavy (non-hydrogen) atoms. The van der Waals surface area contributed by atoms with Gasteiger partial charge in [-0.15, -0.1) is 0 Å². The van der Waals surface area contributed by atoms with Gasteiger partial charge in [0, 0.05) is 11.8 Å². The first-order valence-corrected chi connectivity index (χ1v) is 5.50. The normalized spacial score (nSPS) is 27.0. The van der Waals surface area contributed by atoms with Crippen LogP contribution in [-0.4, -0.2) is 24.5 Å². The Morgan fingerprint density at radius 1 is 1.47 bits per heavy atom. The summed E-state index contributed by atoms with van der Waals surface area (Å²) in [6.07, 6.45) is 1.26. The Morgan fingerprint density at radius 2 is 2.18 bits per heavy atom. The molecule has 0 saturated heterocycles. The maximum absolute atomic E-state index is 11.1. The van der Waals surface area contributed by atoms with Crippen molar-refractivity contribution in [3.8, 4) is 5.75 Å². The smallest absolute Gasteiger partial charge is 0.307 e. The predicted octanol–water partition coefficient (Wildman–Crippen LogP) is 1.70. The number of rotatable bonds is 4. The monoisotopic (exact) mass is 234 g/mol. The fourth-order valence-electron chi connectivity index (χ4n) is 2.47. The second kappa shape index (κ2) is 4.57. The van der Waals surface area contributed by atoms with Gasteiger partial charge < -0.3 is 14.6 Å². The Bertz CT molecular complexity index is 441. The van der Waals surface area contributed by atoms with Crippen LogP contribution in [0.1, 0.15) is 17.9 Å². The number of ether oxygens (including phenoxy) is 1. The summed E-state index contributed by atoms with van der Waals surface area (Å²) in [6, 6.07) is 7.27. The maximum atomic E-state index is 11.1. The lowest BCUT2D eigenvalue weighted by Crippen LogP contribution is -2.40. The molecule has 1 aromatic rings. The fraction of sp³-hybridized carbons (Fsp3) is 0.385. The molecule has 1 N–H and O–H groups in total. The molecule has 1 aliphatic rings. The quantitative estimate of drug-likeness (QED) is 0.805. The van der Waals surface area contributed by atoms with Crippen LogP contribution in [-0.2, 0) is 9.59 Å². The van der Waals surface area contributed by atoms with E-state index < -0.39 is 11.9 Å². The molecule has 3 unspecified atom stereocenters. The van der Waals surface area contributed by atoms with E-state index in [2.05, 4.69) is 0 Å². The third kappa shape index (κ3) is 1.90. The molecule has 2 rings (SSSR count). The molecule has 0 heterocycles. The number of benzene rings is 1. The summed E-state index contributed by atoms with van der Waals surface area (Å²) in [7, 11) is 1.54. The zero-order chi connectivity index (χ0) is 12.4. The highest BCUT2D eigenvalue weighted by Crippen LogP contribution is 2.49. The van der Waals surface area contributed by atoms with Crippen LogP contribution in [0, 0.1) is 11.8 Å². The largest absolute Gasteiger partial charge is 0.496 e. The number of carboxylic acid groups (broad SMARTS) is 1. The fourth-order valence-corrected chi connectivity index (χ4v) is 2.47. The van der Waals surface area contributed by atoms with E-state index in [1.807, 2.05) is 18.2 Å². The van der Waals surface area contributed by atoms with Crippen LogP contribution < -0.4 is 4.74 Å². The van der Waals surface area contributed by atoms with Crippen molar-refractivity contribution in [3.63, 3.8) is 0 Å². The molecule has 4 heteroatoms. The van der Waals surface area contributed by atoms with Crippen molar-refractivity contribution in [2.75, 3.05) is 7.11 Å². The van der Waals surface area contributed by atoms with Gasteiger partial charge in [-0.25, -0.2) is 0 Å². The van der Waals surface area contributed by atoms with E-state index in [4.69, 9.17) is 9.84 Å². The summed E-state index contributed by atoms with van der Waals surface area (Å²) in [5.41, 5.74) is 0.811. The first-order valence-electron chi connectivity index (χ1n) is 5.50. The number of carbonyl (C=O) groups is 2. The molecule has 0 radical (unpaired) electrons. The summed E-state index contributed by atoms with van der Waals surface area (Å²) in [4.78, 5) is 22.0. The van der Waals surface area contributed by atoms with Crippen molar-refractivity contribution in [2.45, 2.75) is 12.3 Å². The molecule has 3 atom stereocenters. The molecule has 1 saturated carbocycles. The minimum absolute atomic E-state index is 0.215. The number of methoxy groups -OCH3 is 1. The molecule has 4 nitrogen and oxygen atoms in total. The number of aldehydes is 1. The Labute approximate surface area is 99.2 Å². The average Bonchev–Trinajstić information content (AvgIpc) is 2.28. The summed E-state index contributed by atoms with van der Waals surface area (Å²) in [5.74, 6) is -1.16. The zero-order valence-electron chi connectivity index (χ0n) is 9.50. The highest BCUT2D eigenvalue weighted by atomic mass is 16.5. The highest BCUT2D eigenvalue weighted by molar-refractivity contribution is 5.76. The van der Waals surface area contributed by atoms with Crippen molar-refractivity contribution in [2.24, 2.45) is 11.8 Å². The topological polar surface area (TPSA) is 63.6 Å². The van der Waals surface area contributed by atoms with Crippen molar-refractivity contribution in [1.82, 2.24) is 0 Å². The Hall–Kier alpha value is -1.84. The second-order valence-corrected chi connectivity index (χ2v) is 4.25. The molecule has 90 valence electrons. The summed E-state index contributed by atoms with van der Waals surface area (Å²) in [5, 5.41) is 9.09.